The van der Waals surface area contributed by atoms with Gasteiger partial charge in [0.05, 0.1) is 17.5 Å². The Kier molecular flexibility index (Phi) is 7.36. The van der Waals surface area contributed by atoms with Crippen LogP contribution in [0.1, 0.15) is 25.1 Å². The molecule has 2 atom stereocenters. The van der Waals surface area contributed by atoms with Crippen LogP contribution < -0.4 is 10.5 Å². The molecule has 2 aromatic rings. The summed E-state index contributed by atoms with van der Waals surface area (Å²) in [5.41, 5.74) is 5.85. The minimum absolute atomic E-state index is 0.0511. The summed E-state index contributed by atoms with van der Waals surface area (Å²) >= 11 is 8.39. The van der Waals surface area contributed by atoms with Crippen LogP contribution in [0.5, 0.6) is 0 Å². The summed E-state index contributed by atoms with van der Waals surface area (Å²) in [5, 5.41) is 3.77. The maximum Gasteiger partial charge on any atom is 0.272 e. The van der Waals surface area contributed by atoms with Crippen LogP contribution in [0.3, 0.4) is 0 Å². The zero-order chi connectivity index (χ0) is 19.3. The summed E-state index contributed by atoms with van der Waals surface area (Å²) in [6, 6.07) is 4.18. The van der Waals surface area contributed by atoms with Crippen molar-refractivity contribution in [3.8, 4) is 0 Å². The van der Waals surface area contributed by atoms with E-state index in [2.05, 4.69) is 9.08 Å². The average Bonchev–Trinajstić information content (AvgIpc) is 3.18. The fourth-order valence-corrected chi connectivity index (χ4v) is 5.89. The maximum atomic E-state index is 13.3. The number of amides is 2. The lowest BCUT2D eigenvalue weighted by molar-refractivity contribution is -0.119. The van der Waals surface area contributed by atoms with Crippen LogP contribution in [0.4, 0.5) is 0 Å². The zero-order valence-corrected chi connectivity index (χ0v) is 17.5. The quantitative estimate of drug-likeness (QED) is 0.697. The second-order valence-electron chi connectivity index (χ2n) is 6.06. The second kappa shape index (κ2) is 9.09. The number of thiophene rings is 2. The third kappa shape index (κ3) is 5.88. The van der Waals surface area contributed by atoms with Gasteiger partial charge in [-0.2, -0.15) is 0 Å². The number of hydrogen-bond acceptors (Lipinski definition) is 6. The Bertz CT molecular complexity index is 884. The molecule has 0 aliphatic carbocycles. The van der Waals surface area contributed by atoms with Crippen LogP contribution in [0.2, 0.25) is 5.02 Å². The molecular formula is C16H20ClN3O3S3. The minimum atomic E-state index is -3.49. The van der Waals surface area contributed by atoms with Crippen molar-refractivity contribution in [3.05, 3.63) is 38.9 Å². The summed E-state index contributed by atoms with van der Waals surface area (Å²) < 4.78 is 19.7. The predicted molar refractivity (Wildman–Crippen MR) is 107 cm³/mol. The Hall–Kier alpha value is -1.26. The zero-order valence-electron chi connectivity index (χ0n) is 14.3. The van der Waals surface area contributed by atoms with E-state index in [-0.39, 0.29) is 16.5 Å². The molecule has 0 bridgehead atoms. The van der Waals surface area contributed by atoms with E-state index in [1.807, 2.05) is 25.3 Å². The van der Waals surface area contributed by atoms with Crippen molar-refractivity contribution in [2.45, 2.75) is 36.9 Å². The van der Waals surface area contributed by atoms with E-state index < -0.39 is 27.8 Å². The van der Waals surface area contributed by atoms with Crippen molar-refractivity contribution >= 4 is 56.0 Å². The van der Waals surface area contributed by atoms with Gasteiger partial charge in [0.2, 0.25) is 5.91 Å². The summed E-state index contributed by atoms with van der Waals surface area (Å²) in [6.45, 7) is 3.85. The SMILES string of the molecule is CC(C)C[C@H](N)C(=O)N=S(=O)(NC(=O)Cc1cccs1)c1cc(Cl)cs1. The topological polar surface area (TPSA) is 102 Å². The van der Waals surface area contributed by atoms with Crippen LogP contribution in [0, 0.1) is 5.92 Å². The number of hydrogen-bond donors (Lipinski definition) is 2. The first-order valence-electron chi connectivity index (χ1n) is 7.83. The first-order chi connectivity index (χ1) is 12.2. The van der Waals surface area contributed by atoms with Gasteiger partial charge < -0.3 is 5.73 Å². The molecule has 0 radical (unpaired) electrons. The predicted octanol–water partition coefficient (Wildman–Crippen LogP) is 3.46. The molecule has 0 aromatic carbocycles. The third-order valence-electron chi connectivity index (χ3n) is 3.24. The van der Waals surface area contributed by atoms with Crippen LogP contribution in [-0.4, -0.2) is 22.1 Å². The molecule has 26 heavy (non-hydrogen) atoms. The molecule has 6 nitrogen and oxygen atoms in total. The molecule has 0 aliphatic rings. The molecule has 2 heterocycles. The van der Waals surface area contributed by atoms with Crippen molar-refractivity contribution < 1.29 is 13.8 Å². The van der Waals surface area contributed by atoms with Gasteiger partial charge in [0, 0.05) is 10.3 Å². The molecule has 0 aliphatic heterocycles. The first-order valence-corrected chi connectivity index (χ1v) is 11.5. The van der Waals surface area contributed by atoms with Gasteiger partial charge in [-0.3, -0.25) is 14.3 Å². The van der Waals surface area contributed by atoms with Crippen LogP contribution >= 0.6 is 34.3 Å². The summed E-state index contributed by atoms with van der Waals surface area (Å²) in [5.74, 6) is -1.01. The molecule has 3 N–H and O–H groups in total. The molecule has 2 rings (SSSR count). The Labute approximate surface area is 166 Å². The molecule has 2 aromatic heterocycles. The van der Waals surface area contributed by atoms with Crippen LogP contribution in [0.25, 0.3) is 0 Å². The van der Waals surface area contributed by atoms with Gasteiger partial charge >= 0.3 is 0 Å². The normalized spacial score (nSPS) is 14.7. The fraction of sp³-hybridized carbons (Fsp3) is 0.375. The first kappa shape index (κ1) is 21.0. The van der Waals surface area contributed by atoms with Gasteiger partial charge in [-0.15, -0.1) is 27.0 Å². The van der Waals surface area contributed by atoms with E-state index in [0.717, 1.165) is 16.2 Å². The van der Waals surface area contributed by atoms with E-state index in [0.29, 0.717) is 11.4 Å². The summed E-state index contributed by atoms with van der Waals surface area (Å²) in [6.07, 6.45) is 0.460. The van der Waals surface area contributed by atoms with Crippen molar-refractivity contribution in [2.24, 2.45) is 16.0 Å². The summed E-state index contributed by atoms with van der Waals surface area (Å²) in [4.78, 5) is 25.5. The Balaban J connectivity index is 2.30. The lowest BCUT2D eigenvalue weighted by Gasteiger charge is -2.13. The standard InChI is InChI=1S/C16H20ClN3O3S3/c1-10(2)6-13(18)16(22)20-26(23,15-7-11(17)9-25-15)19-14(21)8-12-4-3-5-24-12/h3-5,7,9-10,13H,6,8,18H2,1-2H3,(H,19,20,21,22,23)/t13-,26?/m0/s1. The van der Waals surface area contributed by atoms with Crippen LogP contribution in [0.15, 0.2) is 37.5 Å². The van der Waals surface area contributed by atoms with Crippen molar-refractivity contribution in [3.63, 3.8) is 0 Å². The summed E-state index contributed by atoms with van der Waals surface area (Å²) in [7, 11) is -3.49. The Morgan fingerprint density at radius 3 is 2.65 bits per heavy atom. The molecule has 0 fully saturated rings. The average molecular weight is 434 g/mol. The largest absolute Gasteiger partial charge is 0.320 e. The monoisotopic (exact) mass is 433 g/mol. The number of nitrogens with zero attached hydrogens (tertiary/aromatic N) is 1. The maximum absolute atomic E-state index is 13.3. The molecule has 10 heteroatoms. The number of nitrogens with one attached hydrogen (secondary N) is 1. The minimum Gasteiger partial charge on any atom is -0.320 e. The highest BCUT2D eigenvalue weighted by Crippen LogP contribution is 2.25. The van der Waals surface area contributed by atoms with Gasteiger partial charge in [-0.1, -0.05) is 31.5 Å². The highest BCUT2D eigenvalue weighted by Gasteiger charge is 2.23. The van der Waals surface area contributed by atoms with Gasteiger partial charge in [0.25, 0.3) is 5.91 Å². The van der Waals surface area contributed by atoms with Crippen molar-refractivity contribution in [1.82, 2.24) is 4.72 Å². The van der Waals surface area contributed by atoms with Gasteiger partial charge in [-0.25, -0.2) is 4.21 Å². The Morgan fingerprint density at radius 1 is 1.38 bits per heavy atom. The van der Waals surface area contributed by atoms with E-state index in [9.17, 15) is 13.8 Å². The highest BCUT2D eigenvalue weighted by atomic mass is 35.5. The highest BCUT2D eigenvalue weighted by molar-refractivity contribution is 7.94. The second-order valence-corrected chi connectivity index (χ2v) is 10.6. The van der Waals surface area contributed by atoms with Crippen LogP contribution in [-0.2, 0) is 25.9 Å². The number of carbonyl (C=O) groups is 2. The number of carbonyl (C=O) groups excluding carboxylic acids is 2. The lowest BCUT2D eigenvalue weighted by Crippen LogP contribution is -2.35. The molecule has 2 amide bonds. The third-order valence-corrected chi connectivity index (χ3v) is 7.76. The fourth-order valence-electron chi connectivity index (χ4n) is 2.12. The molecule has 0 saturated carbocycles. The van der Waals surface area contributed by atoms with E-state index in [1.165, 1.54) is 17.4 Å². The molecule has 142 valence electrons. The van der Waals surface area contributed by atoms with Gasteiger partial charge in [0.15, 0.2) is 9.92 Å². The molecular weight excluding hydrogens is 414 g/mol. The van der Waals surface area contributed by atoms with Crippen molar-refractivity contribution in [2.75, 3.05) is 0 Å². The molecule has 0 spiro atoms. The lowest BCUT2D eigenvalue weighted by atomic mass is 10.0. The van der Waals surface area contributed by atoms with E-state index in [1.54, 1.807) is 11.4 Å². The van der Waals surface area contributed by atoms with E-state index in [4.69, 9.17) is 17.3 Å². The Morgan fingerprint density at radius 2 is 2.12 bits per heavy atom. The smallest absolute Gasteiger partial charge is 0.272 e. The van der Waals surface area contributed by atoms with Gasteiger partial charge in [-0.05, 0) is 29.9 Å². The molecule has 0 saturated heterocycles. The molecule has 1 unspecified atom stereocenters. The number of nitrogens with two attached hydrogens (primary N) is 1. The van der Waals surface area contributed by atoms with E-state index >= 15 is 0 Å². The number of halogens is 1. The van der Waals surface area contributed by atoms with Gasteiger partial charge in [0.1, 0.15) is 4.21 Å². The van der Waals surface area contributed by atoms with Crippen molar-refractivity contribution in [1.29, 1.82) is 0 Å². The number of rotatable bonds is 7.